The quantitative estimate of drug-likeness (QED) is 0.678. The summed E-state index contributed by atoms with van der Waals surface area (Å²) in [5, 5.41) is 0. The van der Waals surface area contributed by atoms with Gasteiger partial charge in [-0.15, -0.1) is 0 Å². The molecule has 0 saturated heterocycles. The Morgan fingerprint density at radius 1 is 1.11 bits per heavy atom. The van der Waals surface area contributed by atoms with E-state index in [1.54, 1.807) is 14.2 Å². The minimum absolute atomic E-state index is 0.373. The van der Waals surface area contributed by atoms with E-state index in [2.05, 4.69) is 37.9 Å². The van der Waals surface area contributed by atoms with Gasteiger partial charge < -0.3 is 9.47 Å². The summed E-state index contributed by atoms with van der Waals surface area (Å²) in [6.07, 6.45) is 4.17. The van der Waals surface area contributed by atoms with Crippen LogP contribution in [0.4, 0.5) is 0 Å². The second kappa shape index (κ2) is 5.28. The van der Waals surface area contributed by atoms with E-state index in [1.165, 1.54) is 24.8 Å². The number of ether oxygens (including phenoxy) is 2. The Bertz CT molecular complexity index is 479. The zero-order valence-corrected chi connectivity index (χ0v) is 14.3. The van der Waals surface area contributed by atoms with Crippen molar-refractivity contribution in [1.29, 1.82) is 0 Å². The van der Waals surface area contributed by atoms with Gasteiger partial charge in [-0.25, -0.2) is 0 Å². The van der Waals surface area contributed by atoms with E-state index in [0.717, 1.165) is 33.7 Å². The van der Waals surface area contributed by atoms with E-state index < -0.39 is 0 Å². The Morgan fingerprint density at radius 3 is 2.37 bits per heavy atom. The molecule has 0 aromatic heterocycles. The molecular weight excluding hydrogens is 372 g/mol. The van der Waals surface area contributed by atoms with E-state index >= 15 is 0 Å². The van der Waals surface area contributed by atoms with Crippen molar-refractivity contribution in [2.75, 3.05) is 14.2 Å². The van der Waals surface area contributed by atoms with Gasteiger partial charge in [0, 0.05) is 10.4 Å². The van der Waals surface area contributed by atoms with Crippen molar-refractivity contribution in [1.82, 2.24) is 0 Å². The largest absolute Gasteiger partial charge is 0.495 e. The summed E-state index contributed by atoms with van der Waals surface area (Å²) >= 11 is 7.47. The molecule has 0 spiro atoms. The van der Waals surface area contributed by atoms with Crippen LogP contribution in [0.2, 0.25) is 0 Å². The average Bonchev–Trinajstić information content (AvgIpc) is 3.04. The van der Waals surface area contributed by atoms with Gasteiger partial charge in [0.25, 0.3) is 0 Å². The normalized spacial score (nSPS) is 29.8. The Labute approximate surface area is 131 Å². The van der Waals surface area contributed by atoms with Gasteiger partial charge in [0.1, 0.15) is 16.0 Å². The summed E-state index contributed by atoms with van der Waals surface area (Å²) < 4.78 is 11.8. The zero-order chi connectivity index (χ0) is 13.6. The first kappa shape index (κ1) is 13.7. The first-order valence-corrected chi connectivity index (χ1v) is 8.41. The molecule has 1 aromatic rings. The van der Waals surface area contributed by atoms with Crippen molar-refractivity contribution in [3.8, 4) is 11.5 Å². The molecule has 2 nitrogen and oxygen atoms in total. The van der Waals surface area contributed by atoms with Crippen LogP contribution in [0.1, 0.15) is 29.7 Å². The van der Waals surface area contributed by atoms with Gasteiger partial charge in [-0.2, -0.15) is 0 Å². The van der Waals surface area contributed by atoms with Gasteiger partial charge in [0.05, 0.1) is 14.2 Å². The third-order valence-electron chi connectivity index (χ3n) is 4.51. The highest BCUT2D eigenvalue weighted by atomic mass is 79.9. The van der Waals surface area contributed by atoms with Gasteiger partial charge in [0.15, 0.2) is 0 Å². The van der Waals surface area contributed by atoms with E-state index in [4.69, 9.17) is 9.47 Å². The van der Waals surface area contributed by atoms with Crippen molar-refractivity contribution in [2.45, 2.75) is 24.1 Å². The maximum absolute atomic E-state index is 5.58. The fraction of sp³-hybridized carbons (Fsp3) is 0.600. The van der Waals surface area contributed by atoms with Crippen LogP contribution in [0.5, 0.6) is 11.5 Å². The molecule has 0 N–H and O–H groups in total. The first-order valence-electron chi connectivity index (χ1n) is 6.70. The molecule has 2 aliphatic rings. The van der Waals surface area contributed by atoms with E-state index in [1.807, 2.05) is 6.07 Å². The number of alkyl halides is 1. The molecule has 0 amide bonds. The molecule has 0 radical (unpaired) electrons. The lowest BCUT2D eigenvalue weighted by atomic mass is 9.94. The summed E-state index contributed by atoms with van der Waals surface area (Å²) in [6, 6.07) is 4.12. The van der Waals surface area contributed by atoms with E-state index in [0.29, 0.717) is 4.83 Å². The summed E-state index contributed by atoms with van der Waals surface area (Å²) in [4.78, 5) is 0.373. The first-order chi connectivity index (χ1) is 9.15. The number of halogens is 2. The fourth-order valence-electron chi connectivity index (χ4n) is 3.39. The van der Waals surface area contributed by atoms with E-state index in [-0.39, 0.29) is 0 Å². The molecule has 3 unspecified atom stereocenters. The van der Waals surface area contributed by atoms with Gasteiger partial charge in [-0.3, -0.25) is 0 Å². The highest BCUT2D eigenvalue weighted by Gasteiger charge is 2.48. The number of fused-ring (bicyclic) bond motifs is 1. The summed E-state index contributed by atoms with van der Waals surface area (Å²) in [5.41, 5.74) is 1.22. The van der Waals surface area contributed by atoms with Crippen LogP contribution in [-0.4, -0.2) is 14.2 Å². The second-order valence-electron chi connectivity index (χ2n) is 5.59. The minimum atomic E-state index is 0.373. The fourth-order valence-corrected chi connectivity index (χ4v) is 4.87. The van der Waals surface area contributed by atoms with Crippen LogP contribution in [0.3, 0.4) is 0 Å². The third-order valence-corrected chi connectivity index (χ3v) is 6.50. The Kier molecular flexibility index (Phi) is 3.82. The standard InChI is InChI=1S/C15H18Br2O2/c1-18-12-4-3-11(15(19-2)14(12)17)13(16)10-6-8-5-9(8)7-10/h3-4,8-10,13H,5-7H2,1-2H3. The van der Waals surface area contributed by atoms with Crippen LogP contribution in [0.25, 0.3) is 0 Å². The Balaban J connectivity index is 1.88. The van der Waals surface area contributed by atoms with Crippen molar-refractivity contribution >= 4 is 31.9 Å². The van der Waals surface area contributed by atoms with Gasteiger partial charge in [0.2, 0.25) is 0 Å². The number of hydrogen-bond acceptors (Lipinski definition) is 2. The van der Waals surface area contributed by atoms with Crippen LogP contribution < -0.4 is 9.47 Å². The Hall–Kier alpha value is -0.220. The second-order valence-corrected chi connectivity index (χ2v) is 7.37. The van der Waals surface area contributed by atoms with Gasteiger partial charge >= 0.3 is 0 Å². The maximum atomic E-state index is 5.58. The predicted molar refractivity (Wildman–Crippen MR) is 83.2 cm³/mol. The van der Waals surface area contributed by atoms with Crippen molar-refractivity contribution in [2.24, 2.45) is 17.8 Å². The molecular formula is C15H18Br2O2. The lowest BCUT2D eigenvalue weighted by molar-refractivity contribution is 0.381. The van der Waals surface area contributed by atoms with Crippen molar-refractivity contribution in [3.63, 3.8) is 0 Å². The predicted octanol–water partition coefficient (Wildman–Crippen LogP) is 4.95. The van der Waals surface area contributed by atoms with Gasteiger partial charge in [-0.1, -0.05) is 22.0 Å². The molecule has 4 heteroatoms. The van der Waals surface area contributed by atoms with Crippen LogP contribution in [0, 0.1) is 17.8 Å². The number of hydrogen-bond donors (Lipinski definition) is 0. The molecule has 2 saturated carbocycles. The summed E-state index contributed by atoms with van der Waals surface area (Å²) in [6.45, 7) is 0. The molecule has 104 valence electrons. The number of benzene rings is 1. The molecule has 0 aliphatic heterocycles. The SMILES string of the molecule is COc1ccc(C(Br)C2CC3CC3C2)c(OC)c1Br. The number of methoxy groups -OCH3 is 2. The summed E-state index contributed by atoms with van der Waals surface area (Å²) in [5.74, 6) is 4.43. The van der Waals surface area contributed by atoms with Crippen LogP contribution in [0.15, 0.2) is 16.6 Å². The smallest absolute Gasteiger partial charge is 0.141 e. The average molecular weight is 390 g/mol. The highest BCUT2D eigenvalue weighted by molar-refractivity contribution is 9.10. The molecule has 0 heterocycles. The molecule has 2 fully saturated rings. The van der Waals surface area contributed by atoms with Gasteiger partial charge in [-0.05, 0) is 59.0 Å². The zero-order valence-electron chi connectivity index (χ0n) is 11.2. The molecule has 3 rings (SSSR count). The lowest BCUT2D eigenvalue weighted by Gasteiger charge is -2.22. The summed E-state index contributed by atoms with van der Waals surface area (Å²) in [7, 11) is 3.39. The van der Waals surface area contributed by atoms with Crippen molar-refractivity contribution < 1.29 is 9.47 Å². The highest BCUT2D eigenvalue weighted by Crippen LogP contribution is 2.59. The van der Waals surface area contributed by atoms with Crippen LogP contribution >= 0.6 is 31.9 Å². The number of rotatable bonds is 4. The molecule has 1 aromatic carbocycles. The maximum Gasteiger partial charge on any atom is 0.141 e. The van der Waals surface area contributed by atoms with Crippen molar-refractivity contribution in [3.05, 3.63) is 22.2 Å². The molecule has 2 aliphatic carbocycles. The molecule has 19 heavy (non-hydrogen) atoms. The minimum Gasteiger partial charge on any atom is -0.495 e. The topological polar surface area (TPSA) is 18.5 Å². The monoisotopic (exact) mass is 388 g/mol. The molecule has 0 bridgehead atoms. The van der Waals surface area contributed by atoms with E-state index in [9.17, 15) is 0 Å². The Morgan fingerprint density at radius 2 is 1.79 bits per heavy atom. The lowest BCUT2D eigenvalue weighted by Crippen LogP contribution is -2.07. The van der Waals surface area contributed by atoms with Crippen LogP contribution in [-0.2, 0) is 0 Å². The molecule has 3 atom stereocenters. The third kappa shape index (κ3) is 2.42.